The van der Waals surface area contributed by atoms with E-state index in [0.29, 0.717) is 39.0 Å². The Bertz CT molecular complexity index is 708. The summed E-state index contributed by atoms with van der Waals surface area (Å²) in [5, 5.41) is 24.6. The molecule has 0 bridgehead atoms. The van der Waals surface area contributed by atoms with Gasteiger partial charge in [-0.3, -0.25) is 4.79 Å². The second-order valence-corrected chi connectivity index (χ2v) is 8.77. The Labute approximate surface area is 172 Å². The first-order chi connectivity index (χ1) is 13.8. The number of unbranched alkanes of at least 4 members (excludes halogenated alkanes) is 2. The molecular formula is C20H31N2O6P. The summed E-state index contributed by atoms with van der Waals surface area (Å²) < 4.78 is 17.6. The highest BCUT2D eigenvalue weighted by Gasteiger charge is 2.39. The molecule has 4 N–H and O–H groups in total. The normalized spacial score (nSPS) is 21.7. The number of carbonyl (C=O) groups is 2. The van der Waals surface area contributed by atoms with Gasteiger partial charge in [0.25, 0.3) is 0 Å². The first-order valence-electron chi connectivity index (χ1n) is 9.94. The number of hydrogen-bond donors (Lipinski definition) is 4. The smallest absolute Gasteiger partial charge is 0.335 e. The molecule has 1 aromatic carbocycles. The van der Waals surface area contributed by atoms with Crippen molar-refractivity contribution < 1.29 is 29.1 Å². The molecule has 1 aliphatic heterocycles. The summed E-state index contributed by atoms with van der Waals surface area (Å²) in [6, 6.07) is 6.80. The number of carboxylic acid groups (broad SMARTS) is 1. The van der Waals surface area contributed by atoms with Crippen LogP contribution in [0.15, 0.2) is 24.3 Å². The van der Waals surface area contributed by atoms with Crippen LogP contribution in [-0.2, 0) is 20.5 Å². The lowest BCUT2D eigenvalue weighted by Gasteiger charge is -2.38. The van der Waals surface area contributed by atoms with E-state index in [0.717, 1.165) is 18.4 Å². The van der Waals surface area contributed by atoms with Crippen molar-refractivity contribution in [3.05, 3.63) is 35.4 Å². The molecule has 162 valence electrons. The summed E-state index contributed by atoms with van der Waals surface area (Å²) in [7, 11) is -1.42. The zero-order chi connectivity index (χ0) is 21.3. The third-order valence-electron chi connectivity index (χ3n) is 5.14. The number of amides is 1. The molecule has 1 fully saturated rings. The van der Waals surface area contributed by atoms with Crippen LogP contribution >= 0.6 is 8.46 Å². The fourth-order valence-corrected chi connectivity index (χ4v) is 4.15. The lowest BCUT2D eigenvalue weighted by Crippen LogP contribution is -2.54. The number of rotatable bonds is 11. The van der Waals surface area contributed by atoms with E-state index in [-0.39, 0.29) is 17.5 Å². The average Bonchev–Trinajstić information content (AvgIpc) is 2.71. The molecule has 8 nitrogen and oxygen atoms in total. The molecule has 1 saturated heterocycles. The minimum absolute atomic E-state index is 0.00106. The molecule has 0 radical (unpaired) electrons. The van der Waals surface area contributed by atoms with Gasteiger partial charge in [0.15, 0.2) is 0 Å². The van der Waals surface area contributed by atoms with Crippen molar-refractivity contribution in [3.63, 3.8) is 0 Å². The summed E-state index contributed by atoms with van der Waals surface area (Å²) in [5.74, 6) is -1.02. The van der Waals surface area contributed by atoms with Crippen LogP contribution in [0.4, 0.5) is 0 Å². The second kappa shape index (κ2) is 11.5. The number of carboxylic acids is 1. The maximum atomic E-state index is 11.7. The molecule has 1 heterocycles. The number of aromatic carboxylic acids is 1. The molecule has 1 amide bonds. The van der Waals surface area contributed by atoms with Gasteiger partial charge in [0.2, 0.25) is 5.91 Å². The Morgan fingerprint density at radius 2 is 2.14 bits per heavy atom. The van der Waals surface area contributed by atoms with Crippen molar-refractivity contribution in [1.82, 2.24) is 10.6 Å². The van der Waals surface area contributed by atoms with Gasteiger partial charge in [0.05, 0.1) is 20.6 Å². The van der Waals surface area contributed by atoms with Gasteiger partial charge in [-0.15, -0.1) is 0 Å². The highest BCUT2D eigenvalue weighted by Crippen LogP contribution is 2.33. The first-order valence-corrected chi connectivity index (χ1v) is 11.0. The van der Waals surface area contributed by atoms with Crippen LogP contribution in [0.25, 0.3) is 0 Å². The Morgan fingerprint density at radius 3 is 2.76 bits per heavy atom. The highest BCUT2D eigenvalue weighted by molar-refractivity contribution is 7.25. The summed E-state index contributed by atoms with van der Waals surface area (Å²) in [6.07, 6.45) is 2.81. The Kier molecular flexibility index (Phi) is 9.30. The molecule has 2 unspecified atom stereocenters. The number of nitrogens with one attached hydrogen (secondary N) is 2. The molecule has 0 spiro atoms. The number of aliphatic hydroxyl groups is 1. The molecule has 0 aromatic heterocycles. The first kappa shape index (κ1) is 23.5. The Hall–Kier alpha value is -1.73. The van der Waals surface area contributed by atoms with Gasteiger partial charge in [-0.1, -0.05) is 18.6 Å². The van der Waals surface area contributed by atoms with Crippen LogP contribution in [0.3, 0.4) is 0 Å². The van der Waals surface area contributed by atoms with Crippen molar-refractivity contribution in [2.75, 3.05) is 19.7 Å². The van der Waals surface area contributed by atoms with E-state index in [1.807, 2.05) is 6.07 Å². The summed E-state index contributed by atoms with van der Waals surface area (Å²) in [4.78, 5) is 21.9. The third-order valence-corrected chi connectivity index (χ3v) is 6.20. The van der Waals surface area contributed by atoms with E-state index in [1.54, 1.807) is 18.2 Å². The van der Waals surface area contributed by atoms with Crippen LogP contribution in [0.1, 0.15) is 48.5 Å². The van der Waals surface area contributed by atoms with E-state index in [4.69, 9.17) is 9.84 Å². The van der Waals surface area contributed by atoms with Gasteiger partial charge in [0, 0.05) is 26.1 Å². The number of carbonyl (C=O) groups excluding carboxylic acids is 1. The van der Waals surface area contributed by atoms with E-state index < -0.39 is 25.9 Å². The Balaban J connectivity index is 1.78. The van der Waals surface area contributed by atoms with E-state index >= 15 is 0 Å². The number of morpholine rings is 1. The van der Waals surface area contributed by atoms with Gasteiger partial charge in [-0.05, 0) is 43.4 Å². The summed E-state index contributed by atoms with van der Waals surface area (Å²) in [6.45, 7) is 2.82. The van der Waals surface area contributed by atoms with Gasteiger partial charge >= 0.3 is 5.97 Å². The predicted octanol–water partition coefficient (Wildman–Crippen LogP) is 1.43. The largest absolute Gasteiger partial charge is 0.478 e. The van der Waals surface area contributed by atoms with E-state index in [9.17, 15) is 19.3 Å². The van der Waals surface area contributed by atoms with Gasteiger partial charge in [0.1, 0.15) is 11.4 Å². The van der Waals surface area contributed by atoms with Crippen LogP contribution in [-0.4, -0.2) is 59.3 Å². The summed E-state index contributed by atoms with van der Waals surface area (Å²) in [5.41, 5.74) is 1.15. The fraction of sp³-hybridized carbons (Fsp3) is 0.600. The van der Waals surface area contributed by atoms with Crippen molar-refractivity contribution in [3.8, 4) is 0 Å². The van der Waals surface area contributed by atoms with Crippen molar-refractivity contribution in [2.45, 2.75) is 56.5 Å². The molecule has 1 aliphatic rings. The Morgan fingerprint density at radius 1 is 1.34 bits per heavy atom. The fourth-order valence-electron chi connectivity index (χ4n) is 3.46. The topological polar surface area (TPSA) is 125 Å². The molecule has 0 aliphatic carbocycles. The molecule has 4 atom stereocenters. The van der Waals surface area contributed by atoms with Crippen LogP contribution in [0, 0.1) is 0 Å². The quantitative estimate of drug-likeness (QED) is 0.312. The molecule has 0 saturated carbocycles. The van der Waals surface area contributed by atoms with Gasteiger partial charge in [-0.2, -0.15) is 0 Å². The molecule has 2 rings (SSSR count). The predicted molar refractivity (Wildman–Crippen MR) is 111 cm³/mol. The van der Waals surface area contributed by atoms with Crippen LogP contribution in [0.5, 0.6) is 0 Å². The van der Waals surface area contributed by atoms with Crippen LogP contribution < -0.4 is 10.6 Å². The zero-order valence-corrected chi connectivity index (χ0v) is 17.9. The number of ether oxygens (including phenoxy) is 1. The summed E-state index contributed by atoms with van der Waals surface area (Å²) >= 11 is 0. The molecule has 29 heavy (non-hydrogen) atoms. The number of hydrogen-bond acceptors (Lipinski definition) is 6. The maximum absolute atomic E-state index is 11.7. The van der Waals surface area contributed by atoms with Gasteiger partial charge in [-0.25, -0.2) is 4.79 Å². The van der Waals surface area contributed by atoms with Gasteiger partial charge < -0.3 is 30.1 Å². The average molecular weight is 426 g/mol. The van der Waals surface area contributed by atoms with Crippen molar-refractivity contribution in [2.24, 2.45) is 0 Å². The van der Waals surface area contributed by atoms with E-state index in [2.05, 4.69) is 10.6 Å². The SMILES string of the molecule is CC(=O)NCCCCCC(O)([PH2]=O)[C@@H]1CN[C@H](Cc2cccc(C(=O)O)c2)CO1. The van der Waals surface area contributed by atoms with E-state index in [1.165, 1.54) is 6.92 Å². The third kappa shape index (κ3) is 7.55. The lowest BCUT2D eigenvalue weighted by atomic mass is 10.00. The van der Waals surface area contributed by atoms with Crippen molar-refractivity contribution in [1.29, 1.82) is 0 Å². The highest BCUT2D eigenvalue weighted by atomic mass is 31.1. The standard InChI is InChI=1S/C20H31N2O6P/c1-14(23)21-9-4-2-3-8-20(26,29-27)18-12-22-17(13-28-18)11-15-6-5-7-16(10-15)19(24)25/h5-7,10,17-18,22,26H,2-4,8-9,11-13,29H2,1H3,(H,21,23)(H,24,25)/t17-,18+,20?/m1/s1. The minimum atomic E-state index is -1.42. The van der Waals surface area contributed by atoms with Crippen LogP contribution in [0.2, 0.25) is 0 Å². The molecular weight excluding hydrogens is 395 g/mol. The second-order valence-electron chi connectivity index (χ2n) is 7.54. The zero-order valence-electron chi connectivity index (χ0n) is 16.7. The van der Waals surface area contributed by atoms with Crippen molar-refractivity contribution >= 4 is 20.3 Å². The number of benzene rings is 1. The minimum Gasteiger partial charge on any atom is -0.478 e. The maximum Gasteiger partial charge on any atom is 0.335 e. The molecule has 9 heteroatoms. The monoisotopic (exact) mass is 426 g/mol. The molecule has 1 aromatic rings. The lowest BCUT2D eigenvalue weighted by molar-refractivity contribution is -0.118.